The van der Waals surface area contributed by atoms with Crippen LogP contribution in [0.1, 0.15) is 26.5 Å². The lowest BCUT2D eigenvalue weighted by Gasteiger charge is -2.34. The van der Waals surface area contributed by atoms with Crippen molar-refractivity contribution in [3.63, 3.8) is 0 Å². The van der Waals surface area contributed by atoms with Crippen LogP contribution in [0, 0.1) is 0 Å². The number of alkyl halides is 1. The summed E-state index contributed by atoms with van der Waals surface area (Å²) in [6.07, 6.45) is 3.58. The third-order valence-electron chi connectivity index (χ3n) is 4.02. The van der Waals surface area contributed by atoms with Crippen molar-refractivity contribution < 1.29 is 4.79 Å². The van der Waals surface area contributed by atoms with E-state index in [1.54, 1.807) is 11.3 Å². The summed E-state index contributed by atoms with van der Waals surface area (Å²) in [4.78, 5) is 19.2. The predicted molar refractivity (Wildman–Crippen MR) is 79.4 cm³/mol. The van der Waals surface area contributed by atoms with Crippen LogP contribution in [-0.2, 0) is 12.8 Å². The molecule has 0 bridgehead atoms. The summed E-state index contributed by atoms with van der Waals surface area (Å²) in [5, 5.41) is 0. The van der Waals surface area contributed by atoms with Crippen LogP contribution in [0.15, 0.2) is 6.07 Å². The summed E-state index contributed by atoms with van der Waals surface area (Å²) in [6, 6.07) is 2.13. The minimum atomic E-state index is 0.227. The monoisotopic (exact) mass is 298 g/mol. The molecule has 0 aromatic carbocycles. The molecule has 1 aliphatic heterocycles. The number of carbonyl (C=O) groups excluding carboxylic acids is 1. The van der Waals surface area contributed by atoms with Crippen molar-refractivity contribution in [2.45, 2.75) is 19.3 Å². The van der Waals surface area contributed by atoms with Gasteiger partial charge in [0.05, 0.1) is 4.88 Å². The van der Waals surface area contributed by atoms with Crippen molar-refractivity contribution in [1.82, 2.24) is 9.80 Å². The van der Waals surface area contributed by atoms with Crippen LogP contribution in [0.2, 0.25) is 0 Å². The van der Waals surface area contributed by atoms with E-state index < -0.39 is 0 Å². The van der Waals surface area contributed by atoms with Crippen molar-refractivity contribution in [2.24, 2.45) is 0 Å². The van der Waals surface area contributed by atoms with Crippen molar-refractivity contribution in [3.05, 3.63) is 21.4 Å². The minimum absolute atomic E-state index is 0.227. The Morgan fingerprint density at radius 3 is 2.74 bits per heavy atom. The van der Waals surface area contributed by atoms with Crippen LogP contribution in [0.25, 0.3) is 0 Å². The number of rotatable bonds is 3. The highest BCUT2D eigenvalue weighted by atomic mass is 35.5. The number of hydrogen-bond donors (Lipinski definition) is 0. The maximum Gasteiger partial charge on any atom is 0.264 e. The van der Waals surface area contributed by atoms with Gasteiger partial charge in [-0.1, -0.05) is 0 Å². The van der Waals surface area contributed by atoms with Gasteiger partial charge in [-0.3, -0.25) is 9.69 Å². The van der Waals surface area contributed by atoms with Gasteiger partial charge in [-0.2, -0.15) is 0 Å². The second-order valence-electron chi connectivity index (χ2n) is 5.24. The van der Waals surface area contributed by atoms with Gasteiger partial charge in [0.2, 0.25) is 0 Å². The summed E-state index contributed by atoms with van der Waals surface area (Å²) in [5.74, 6) is 0.899. The predicted octanol–water partition coefficient (Wildman–Crippen LogP) is 2.23. The Labute approximate surface area is 123 Å². The Hall–Kier alpha value is -0.580. The Morgan fingerprint density at radius 1 is 1.26 bits per heavy atom. The summed E-state index contributed by atoms with van der Waals surface area (Å²) in [6.45, 7) is 4.49. The minimum Gasteiger partial charge on any atom is -0.335 e. The first kappa shape index (κ1) is 13.4. The number of aryl methyl sites for hydroxylation is 2. The third-order valence-corrected chi connectivity index (χ3v) is 5.41. The number of hydrogen-bond acceptors (Lipinski definition) is 3. The SMILES string of the molecule is O=C(c1cc2c(s1)CCC2)N1CCN(CCCl)CC1. The first-order valence-corrected chi connectivity index (χ1v) is 8.32. The van der Waals surface area contributed by atoms with E-state index in [-0.39, 0.29) is 5.91 Å². The van der Waals surface area contributed by atoms with E-state index in [0.29, 0.717) is 5.88 Å². The van der Waals surface area contributed by atoms with E-state index >= 15 is 0 Å². The van der Waals surface area contributed by atoms with E-state index in [1.807, 2.05) is 4.90 Å². The zero-order valence-corrected chi connectivity index (χ0v) is 12.6. The molecule has 0 saturated carbocycles. The summed E-state index contributed by atoms with van der Waals surface area (Å²) < 4.78 is 0. The van der Waals surface area contributed by atoms with Crippen LogP contribution in [0.4, 0.5) is 0 Å². The van der Waals surface area contributed by atoms with Gasteiger partial charge in [0, 0.05) is 43.5 Å². The van der Waals surface area contributed by atoms with E-state index in [0.717, 1.165) is 50.4 Å². The van der Waals surface area contributed by atoms with Gasteiger partial charge >= 0.3 is 0 Å². The third kappa shape index (κ3) is 2.81. The van der Waals surface area contributed by atoms with Crippen LogP contribution in [0.3, 0.4) is 0 Å². The van der Waals surface area contributed by atoms with E-state index in [4.69, 9.17) is 11.6 Å². The standard InChI is InChI=1S/C14H19ClN2OS/c15-4-5-16-6-8-17(9-7-16)14(18)13-10-11-2-1-3-12(11)19-13/h10H,1-9H2. The number of halogens is 1. The lowest BCUT2D eigenvalue weighted by Crippen LogP contribution is -2.48. The molecule has 3 nitrogen and oxygen atoms in total. The van der Waals surface area contributed by atoms with Crippen LogP contribution < -0.4 is 0 Å². The van der Waals surface area contributed by atoms with Crippen molar-refractivity contribution in [3.8, 4) is 0 Å². The Balaban J connectivity index is 1.61. The molecule has 0 spiro atoms. The molecule has 1 amide bonds. The maximum absolute atomic E-state index is 12.5. The van der Waals surface area contributed by atoms with Crippen LogP contribution in [0.5, 0.6) is 0 Å². The van der Waals surface area contributed by atoms with Crippen LogP contribution in [-0.4, -0.2) is 54.3 Å². The molecule has 1 aromatic heterocycles. The molecule has 0 atom stereocenters. The molecule has 0 radical (unpaired) electrons. The maximum atomic E-state index is 12.5. The molecule has 1 saturated heterocycles. The van der Waals surface area contributed by atoms with Gasteiger partial charge in [0.1, 0.15) is 0 Å². The molecule has 0 N–H and O–H groups in total. The molecular weight excluding hydrogens is 280 g/mol. The molecule has 104 valence electrons. The number of nitrogens with zero attached hydrogens (tertiary/aromatic N) is 2. The highest BCUT2D eigenvalue weighted by Gasteiger charge is 2.25. The molecule has 3 rings (SSSR count). The number of thiophene rings is 1. The zero-order chi connectivity index (χ0) is 13.2. The van der Waals surface area contributed by atoms with E-state index in [9.17, 15) is 4.79 Å². The zero-order valence-electron chi connectivity index (χ0n) is 11.0. The molecule has 2 aliphatic rings. The lowest BCUT2D eigenvalue weighted by molar-refractivity contribution is 0.0649. The molecule has 1 fully saturated rings. The van der Waals surface area contributed by atoms with E-state index in [1.165, 1.54) is 16.9 Å². The molecule has 5 heteroatoms. The average Bonchev–Trinajstić information content (AvgIpc) is 3.00. The highest BCUT2D eigenvalue weighted by Crippen LogP contribution is 2.31. The van der Waals surface area contributed by atoms with Gasteiger partial charge in [0.25, 0.3) is 5.91 Å². The topological polar surface area (TPSA) is 23.6 Å². The normalized spacial score (nSPS) is 19.7. The second-order valence-corrected chi connectivity index (χ2v) is 6.75. The first-order chi connectivity index (χ1) is 9.28. The second kappa shape index (κ2) is 5.81. The van der Waals surface area contributed by atoms with Gasteiger partial charge in [0.15, 0.2) is 0 Å². The fourth-order valence-corrected chi connectivity index (χ4v) is 4.34. The fourth-order valence-electron chi connectivity index (χ4n) is 2.88. The lowest BCUT2D eigenvalue weighted by atomic mass is 10.2. The molecular formula is C14H19ClN2OS. The van der Waals surface area contributed by atoms with Gasteiger partial charge in [-0.15, -0.1) is 22.9 Å². The molecule has 1 aliphatic carbocycles. The Bertz CT molecular complexity index is 445. The van der Waals surface area contributed by atoms with Crippen molar-refractivity contribution in [2.75, 3.05) is 38.6 Å². The van der Waals surface area contributed by atoms with E-state index in [2.05, 4.69) is 11.0 Å². The highest BCUT2D eigenvalue weighted by molar-refractivity contribution is 7.14. The number of amides is 1. The summed E-state index contributed by atoms with van der Waals surface area (Å²) in [5.41, 5.74) is 1.41. The summed E-state index contributed by atoms with van der Waals surface area (Å²) >= 11 is 7.46. The van der Waals surface area contributed by atoms with Crippen molar-refractivity contribution in [1.29, 1.82) is 0 Å². The average molecular weight is 299 g/mol. The molecule has 0 unspecified atom stereocenters. The number of fused-ring (bicyclic) bond motifs is 1. The number of piperazine rings is 1. The van der Waals surface area contributed by atoms with Gasteiger partial charge < -0.3 is 4.90 Å². The molecule has 2 heterocycles. The van der Waals surface area contributed by atoms with Gasteiger partial charge in [-0.05, 0) is 30.9 Å². The van der Waals surface area contributed by atoms with Gasteiger partial charge in [-0.25, -0.2) is 0 Å². The fraction of sp³-hybridized carbons (Fsp3) is 0.643. The van der Waals surface area contributed by atoms with Crippen LogP contribution >= 0.6 is 22.9 Å². The molecule has 1 aromatic rings. The van der Waals surface area contributed by atoms with Crippen molar-refractivity contribution >= 4 is 28.8 Å². The largest absolute Gasteiger partial charge is 0.335 e. The Kier molecular flexibility index (Phi) is 4.10. The molecule has 19 heavy (non-hydrogen) atoms. The first-order valence-electron chi connectivity index (χ1n) is 6.97. The summed E-state index contributed by atoms with van der Waals surface area (Å²) in [7, 11) is 0. The Morgan fingerprint density at radius 2 is 2.05 bits per heavy atom. The smallest absolute Gasteiger partial charge is 0.264 e. The quantitative estimate of drug-likeness (QED) is 0.799. The number of carbonyl (C=O) groups is 1.